The van der Waals surface area contributed by atoms with Crippen LogP contribution in [0.25, 0.3) is 10.9 Å². The van der Waals surface area contributed by atoms with Crippen LogP contribution in [-0.4, -0.2) is 42.5 Å². The monoisotopic (exact) mass is 377 g/mol. The van der Waals surface area contributed by atoms with E-state index in [1.165, 1.54) is 6.07 Å². The fourth-order valence-corrected chi connectivity index (χ4v) is 4.30. The third-order valence-corrected chi connectivity index (χ3v) is 5.58. The summed E-state index contributed by atoms with van der Waals surface area (Å²) in [4.78, 5) is 21.2. The Kier molecular flexibility index (Phi) is 3.25. The number of aromatic nitrogens is 1. The minimum atomic E-state index is -0.502. The number of halogens is 2. The van der Waals surface area contributed by atoms with Gasteiger partial charge in [-0.05, 0) is 35.0 Å². The lowest BCUT2D eigenvalue weighted by atomic mass is 9.73. The van der Waals surface area contributed by atoms with Gasteiger partial charge in [-0.25, -0.2) is 4.39 Å². The average Bonchev–Trinajstić information content (AvgIpc) is 2.71. The second kappa shape index (κ2) is 4.98. The molecule has 0 saturated carbocycles. The number of anilines is 1. The predicted molar refractivity (Wildman–Crippen MR) is 91.2 cm³/mol. The molecule has 0 N–H and O–H groups in total. The Morgan fingerprint density at radius 1 is 1.39 bits per heavy atom. The summed E-state index contributed by atoms with van der Waals surface area (Å²) in [5.74, 6) is -0.215. The zero-order valence-electron chi connectivity index (χ0n) is 13.1. The molecule has 0 atom stereocenters. The van der Waals surface area contributed by atoms with Crippen molar-refractivity contribution in [2.24, 2.45) is 0 Å². The zero-order chi connectivity index (χ0) is 16.4. The summed E-state index contributed by atoms with van der Waals surface area (Å²) in [6, 6.07) is 3.19. The lowest BCUT2D eigenvalue weighted by Gasteiger charge is -2.47. The van der Waals surface area contributed by atoms with Crippen LogP contribution in [0, 0.1) is 5.82 Å². The minimum absolute atomic E-state index is 0.120. The van der Waals surface area contributed by atoms with E-state index in [0.29, 0.717) is 9.99 Å². The van der Waals surface area contributed by atoms with Crippen molar-refractivity contribution in [2.75, 3.05) is 31.6 Å². The van der Waals surface area contributed by atoms with E-state index in [-0.39, 0.29) is 11.7 Å². The molecule has 1 fully saturated rings. The molecule has 120 valence electrons. The average molecular weight is 378 g/mol. The molecule has 23 heavy (non-hydrogen) atoms. The number of rotatable bonds is 2. The van der Waals surface area contributed by atoms with Gasteiger partial charge in [0.2, 0.25) is 5.91 Å². The molecule has 0 unspecified atom stereocenters. The number of benzene rings is 1. The van der Waals surface area contributed by atoms with Crippen LogP contribution in [0.1, 0.15) is 18.9 Å². The fourth-order valence-electron chi connectivity index (χ4n) is 3.96. The summed E-state index contributed by atoms with van der Waals surface area (Å²) in [6.07, 6.45) is 2.76. The van der Waals surface area contributed by atoms with Gasteiger partial charge in [-0.15, -0.1) is 0 Å². The van der Waals surface area contributed by atoms with Crippen LogP contribution in [-0.2, 0) is 10.2 Å². The predicted octanol–water partition coefficient (Wildman–Crippen LogP) is 3.08. The van der Waals surface area contributed by atoms with E-state index in [2.05, 4.69) is 32.7 Å². The molecule has 1 spiro atoms. The van der Waals surface area contributed by atoms with Crippen molar-refractivity contribution >= 4 is 38.4 Å². The van der Waals surface area contributed by atoms with Crippen LogP contribution in [0.2, 0.25) is 0 Å². The van der Waals surface area contributed by atoms with Gasteiger partial charge in [0, 0.05) is 37.2 Å². The Morgan fingerprint density at radius 3 is 2.83 bits per heavy atom. The van der Waals surface area contributed by atoms with E-state index in [4.69, 9.17) is 0 Å². The van der Waals surface area contributed by atoms with Gasteiger partial charge < -0.3 is 9.80 Å². The van der Waals surface area contributed by atoms with Crippen molar-refractivity contribution in [3.63, 3.8) is 0 Å². The lowest BCUT2D eigenvalue weighted by Crippen LogP contribution is -2.63. The molecule has 2 aliphatic rings. The normalized spacial score (nSPS) is 19.5. The van der Waals surface area contributed by atoms with Crippen LogP contribution in [0.3, 0.4) is 0 Å². The van der Waals surface area contributed by atoms with Crippen molar-refractivity contribution in [1.29, 1.82) is 0 Å². The first-order chi connectivity index (χ1) is 11.0. The van der Waals surface area contributed by atoms with Crippen molar-refractivity contribution in [1.82, 2.24) is 9.88 Å². The Morgan fingerprint density at radius 2 is 2.13 bits per heavy atom. The molecule has 1 saturated heterocycles. The van der Waals surface area contributed by atoms with Crippen LogP contribution in [0.15, 0.2) is 22.8 Å². The quantitative estimate of drug-likeness (QED) is 0.806. The van der Waals surface area contributed by atoms with Gasteiger partial charge in [0.05, 0.1) is 21.9 Å². The van der Waals surface area contributed by atoms with Crippen LogP contribution < -0.4 is 4.90 Å². The molecular weight excluding hydrogens is 361 g/mol. The van der Waals surface area contributed by atoms with E-state index in [9.17, 15) is 9.18 Å². The number of nitrogens with zero attached hydrogens (tertiary/aromatic N) is 3. The fraction of sp³-hybridized carbons (Fsp3) is 0.412. The molecule has 0 aliphatic carbocycles. The SMILES string of the molecule is CCCN1CC2(C1)C(=O)N(C)c1cnc3cc(F)c(Br)cc3c12. The maximum atomic E-state index is 13.8. The molecule has 4 nitrogen and oxygen atoms in total. The Balaban J connectivity index is 1.93. The first-order valence-corrected chi connectivity index (χ1v) is 8.56. The standard InChI is InChI=1S/C17H17BrFN3O/c1-3-4-22-8-17(9-22)15-10-5-11(18)12(19)6-13(10)20-7-14(15)21(2)16(17)23/h5-7H,3-4,8-9H2,1-2H3. The summed E-state index contributed by atoms with van der Waals surface area (Å²) in [5.41, 5.74) is 1.94. The van der Waals surface area contributed by atoms with Crippen LogP contribution in [0.4, 0.5) is 10.1 Å². The van der Waals surface area contributed by atoms with Gasteiger partial charge in [0.15, 0.2) is 0 Å². The van der Waals surface area contributed by atoms with Crippen molar-refractivity contribution in [3.8, 4) is 0 Å². The molecule has 2 aliphatic heterocycles. The number of likely N-dealkylation sites (N-methyl/N-ethyl adjacent to an activating group) is 1. The number of amides is 1. The highest BCUT2D eigenvalue weighted by atomic mass is 79.9. The molecule has 6 heteroatoms. The second-order valence-electron chi connectivity index (χ2n) is 6.46. The Bertz CT molecular complexity index is 832. The smallest absolute Gasteiger partial charge is 0.240 e. The summed E-state index contributed by atoms with van der Waals surface area (Å²) < 4.78 is 14.2. The molecule has 1 aromatic heterocycles. The molecule has 4 rings (SSSR count). The number of hydrogen-bond acceptors (Lipinski definition) is 3. The first-order valence-electron chi connectivity index (χ1n) is 7.76. The second-order valence-corrected chi connectivity index (χ2v) is 7.31. The topological polar surface area (TPSA) is 36.4 Å². The van der Waals surface area contributed by atoms with Gasteiger partial charge in [-0.3, -0.25) is 9.78 Å². The molecule has 0 radical (unpaired) electrons. The number of fused-ring (bicyclic) bond motifs is 4. The Hall–Kier alpha value is -1.53. The maximum Gasteiger partial charge on any atom is 0.240 e. The van der Waals surface area contributed by atoms with Gasteiger partial charge >= 0.3 is 0 Å². The highest BCUT2D eigenvalue weighted by molar-refractivity contribution is 9.10. The third-order valence-electron chi connectivity index (χ3n) is 4.97. The van der Waals surface area contributed by atoms with Crippen molar-refractivity contribution < 1.29 is 9.18 Å². The van der Waals surface area contributed by atoms with Crippen LogP contribution >= 0.6 is 15.9 Å². The molecule has 1 amide bonds. The van der Waals surface area contributed by atoms with Crippen molar-refractivity contribution in [3.05, 3.63) is 34.2 Å². The van der Waals surface area contributed by atoms with Gasteiger partial charge in [0.25, 0.3) is 0 Å². The number of hydrogen-bond donors (Lipinski definition) is 0. The summed E-state index contributed by atoms with van der Waals surface area (Å²) in [6.45, 7) is 4.59. The van der Waals surface area contributed by atoms with E-state index in [1.54, 1.807) is 24.2 Å². The van der Waals surface area contributed by atoms with Crippen LogP contribution in [0.5, 0.6) is 0 Å². The summed E-state index contributed by atoms with van der Waals surface area (Å²) >= 11 is 3.26. The summed E-state index contributed by atoms with van der Waals surface area (Å²) in [7, 11) is 1.80. The molecule has 1 aromatic carbocycles. The van der Waals surface area contributed by atoms with Gasteiger partial charge in [-0.2, -0.15) is 0 Å². The number of likely N-dealkylation sites (tertiary alicyclic amines) is 1. The molecule has 2 aromatic rings. The Labute approximate surface area is 142 Å². The van der Waals surface area contributed by atoms with E-state index in [1.807, 2.05) is 0 Å². The van der Waals surface area contributed by atoms with E-state index >= 15 is 0 Å². The highest BCUT2D eigenvalue weighted by Crippen LogP contribution is 2.49. The van der Waals surface area contributed by atoms with Gasteiger partial charge in [-0.1, -0.05) is 6.92 Å². The first kappa shape index (κ1) is 15.0. The van der Waals surface area contributed by atoms with Crippen molar-refractivity contribution in [2.45, 2.75) is 18.8 Å². The molecular formula is C17H17BrFN3O. The largest absolute Gasteiger partial charge is 0.313 e. The van der Waals surface area contributed by atoms with E-state index < -0.39 is 5.41 Å². The van der Waals surface area contributed by atoms with Gasteiger partial charge in [0.1, 0.15) is 11.2 Å². The molecule has 3 heterocycles. The summed E-state index contributed by atoms with van der Waals surface area (Å²) in [5, 5.41) is 0.865. The molecule has 0 bridgehead atoms. The number of pyridine rings is 1. The third kappa shape index (κ3) is 1.91. The highest BCUT2D eigenvalue weighted by Gasteiger charge is 2.57. The minimum Gasteiger partial charge on any atom is -0.313 e. The number of carbonyl (C=O) groups excluding carboxylic acids is 1. The zero-order valence-corrected chi connectivity index (χ0v) is 14.7. The number of carbonyl (C=O) groups is 1. The van der Waals surface area contributed by atoms with E-state index in [0.717, 1.165) is 42.7 Å². The maximum absolute atomic E-state index is 13.8. The lowest BCUT2D eigenvalue weighted by molar-refractivity contribution is -0.129.